The average Bonchev–Trinajstić information content (AvgIpc) is 2.52. The minimum atomic E-state index is 0.377. The zero-order valence-electron chi connectivity index (χ0n) is 11.7. The Hall–Kier alpha value is -0.680. The van der Waals surface area contributed by atoms with E-state index in [-0.39, 0.29) is 0 Å². The molecule has 2 aliphatic heterocycles. The molecule has 1 atom stereocenters. The second kappa shape index (κ2) is 6.85. The summed E-state index contributed by atoms with van der Waals surface area (Å²) in [7, 11) is 0. The predicted molar refractivity (Wildman–Crippen MR) is 80.0 cm³/mol. The molecule has 1 aromatic heterocycles. The molecule has 0 unspecified atom stereocenters. The van der Waals surface area contributed by atoms with Crippen molar-refractivity contribution in [2.75, 3.05) is 39.4 Å². The molecule has 1 aromatic rings. The monoisotopic (exact) mass is 295 g/mol. The first-order valence-corrected chi connectivity index (χ1v) is 7.87. The van der Waals surface area contributed by atoms with Crippen LogP contribution in [-0.2, 0) is 4.74 Å². The molecule has 3 heterocycles. The summed E-state index contributed by atoms with van der Waals surface area (Å²) in [5.74, 6) is 0.614. The van der Waals surface area contributed by atoms with Gasteiger partial charge in [0, 0.05) is 57.2 Å². The van der Waals surface area contributed by atoms with E-state index in [4.69, 9.17) is 16.3 Å². The number of aromatic nitrogens is 1. The molecule has 2 aliphatic rings. The highest BCUT2D eigenvalue weighted by Crippen LogP contribution is 2.37. The summed E-state index contributed by atoms with van der Waals surface area (Å²) >= 11 is 6.37. The Labute approximate surface area is 125 Å². The van der Waals surface area contributed by atoms with Crippen LogP contribution in [0.1, 0.15) is 24.4 Å². The van der Waals surface area contributed by atoms with E-state index in [0.717, 1.165) is 52.2 Å². The second-order valence-corrected chi connectivity index (χ2v) is 5.92. The summed E-state index contributed by atoms with van der Waals surface area (Å²) < 4.78 is 5.52. The van der Waals surface area contributed by atoms with E-state index in [1.807, 2.05) is 6.07 Å². The summed E-state index contributed by atoms with van der Waals surface area (Å²) in [6.45, 7) is 5.99. The van der Waals surface area contributed by atoms with Crippen molar-refractivity contribution in [1.82, 2.24) is 15.2 Å². The van der Waals surface area contributed by atoms with Gasteiger partial charge in [-0.25, -0.2) is 4.98 Å². The van der Waals surface area contributed by atoms with Gasteiger partial charge < -0.3 is 10.1 Å². The molecule has 5 heteroatoms. The minimum absolute atomic E-state index is 0.377. The summed E-state index contributed by atoms with van der Waals surface area (Å²) in [5.41, 5.74) is 1.18. The van der Waals surface area contributed by atoms with Gasteiger partial charge in [-0.05, 0) is 24.8 Å². The molecule has 2 fully saturated rings. The SMILES string of the molecule is Clc1ncccc1[C@H](C1CCOCC1)N1CCNCC1. The summed E-state index contributed by atoms with van der Waals surface area (Å²) in [4.78, 5) is 6.85. The maximum absolute atomic E-state index is 6.37. The summed E-state index contributed by atoms with van der Waals surface area (Å²) in [5, 5.41) is 4.08. The number of halogens is 1. The Morgan fingerprint density at radius 2 is 2.05 bits per heavy atom. The fourth-order valence-corrected chi connectivity index (χ4v) is 3.59. The van der Waals surface area contributed by atoms with Crippen molar-refractivity contribution in [1.29, 1.82) is 0 Å². The number of nitrogens with zero attached hydrogens (tertiary/aromatic N) is 2. The van der Waals surface area contributed by atoms with Crippen molar-refractivity contribution in [2.45, 2.75) is 18.9 Å². The zero-order valence-corrected chi connectivity index (χ0v) is 12.5. The first-order valence-electron chi connectivity index (χ1n) is 7.49. The van der Waals surface area contributed by atoms with E-state index in [2.05, 4.69) is 21.3 Å². The van der Waals surface area contributed by atoms with Crippen LogP contribution in [0.3, 0.4) is 0 Å². The standard InChI is InChI=1S/C15H22ClN3O/c16-15-13(2-1-5-18-15)14(12-3-10-20-11-4-12)19-8-6-17-7-9-19/h1-2,5,12,14,17H,3-4,6-11H2/t14-/m0/s1. The van der Waals surface area contributed by atoms with E-state index >= 15 is 0 Å². The highest BCUT2D eigenvalue weighted by atomic mass is 35.5. The minimum Gasteiger partial charge on any atom is -0.381 e. The molecule has 0 bridgehead atoms. The van der Waals surface area contributed by atoms with E-state index in [1.54, 1.807) is 6.20 Å². The number of ether oxygens (including phenoxy) is 1. The number of piperazine rings is 1. The van der Waals surface area contributed by atoms with E-state index in [0.29, 0.717) is 17.1 Å². The van der Waals surface area contributed by atoms with Gasteiger partial charge in [0.1, 0.15) is 5.15 Å². The van der Waals surface area contributed by atoms with Gasteiger partial charge in [0.2, 0.25) is 0 Å². The highest BCUT2D eigenvalue weighted by Gasteiger charge is 2.32. The van der Waals surface area contributed by atoms with Gasteiger partial charge in [-0.1, -0.05) is 17.7 Å². The first-order chi connectivity index (χ1) is 9.86. The number of rotatable bonds is 3. The predicted octanol–water partition coefficient (Wildman–Crippen LogP) is 2.11. The molecule has 0 aliphatic carbocycles. The molecule has 0 radical (unpaired) electrons. The van der Waals surface area contributed by atoms with Crippen LogP contribution in [0.4, 0.5) is 0 Å². The molecule has 0 spiro atoms. The molecule has 4 nitrogen and oxygen atoms in total. The zero-order chi connectivity index (χ0) is 13.8. The first kappa shape index (κ1) is 14.3. The highest BCUT2D eigenvalue weighted by molar-refractivity contribution is 6.30. The summed E-state index contributed by atoms with van der Waals surface area (Å²) in [6.07, 6.45) is 3.99. The quantitative estimate of drug-likeness (QED) is 0.867. The topological polar surface area (TPSA) is 37.4 Å². The Balaban J connectivity index is 1.87. The third kappa shape index (κ3) is 3.14. The van der Waals surface area contributed by atoms with Gasteiger partial charge in [-0.2, -0.15) is 0 Å². The van der Waals surface area contributed by atoms with Crippen molar-refractivity contribution < 1.29 is 4.74 Å². The Kier molecular flexibility index (Phi) is 4.89. The molecular weight excluding hydrogens is 274 g/mol. The van der Waals surface area contributed by atoms with Gasteiger partial charge in [0.05, 0.1) is 0 Å². The van der Waals surface area contributed by atoms with Crippen LogP contribution in [-0.4, -0.2) is 49.3 Å². The van der Waals surface area contributed by atoms with Crippen LogP contribution in [0, 0.1) is 5.92 Å². The smallest absolute Gasteiger partial charge is 0.133 e. The van der Waals surface area contributed by atoms with Crippen molar-refractivity contribution in [3.63, 3.8) is 0 Å². The molecular formula is C15H22ClN3O. The van der Waals surface area contributed by atoms with E-state index in [9.17, 15) is 0 Å². The number of nitrogens with one attached hydrogen (secondary N) is 1. The Morgan fingerprint density at radius 3 is 2.75 bits per heavy atom. The third-order valence-electron chi connectivity index (χ3n) is 4.36. The van der Waals surface area contributed by atoms with E-state index in [1.165, 1.54) is 5.56 Å². The lowest BCUT2D eigenvalue weighted by Gasteiger charge is -2.41. The van der Waals surface area contributed by atoms with Crippen LogP contribution in [0.15, 0.2) is 18.3 Å². The fourth-order valence-electron chi connectivity index (χ4n) is 3.36. The lowest BCUT2D eigenvalue weighted by atomic mass is 9.86. The largest absolute Gasteiger partial charge is 0.381 e. The molecule has 0 aromatic carbocycles. The van der Waals surface area contributed by atoms with Crippen LogP contribution in [0.25, 0.3) is 0 Å². The average molecular weight is 296 g/mol. The number of pyridine rings is 1. The normalized spacial score (nSPS) is 23.6. The molecule has 110 valence electrons. The lowest BCUT2D eigenvalue weighted by molar-refractivity contribution is 0.0212. The van der Waals surface area contributed by atoms with Crippen molar-refractivity contribution in [3.8, 4) is 0 Å². The lowest BCUT2D eigenvalue weighted by Crippen LogP contribution is -2.47. The maximum Gasteiger partial charge on any atom is 0.133 e. The van der Waals surface area contributed by atoms with Crippen LogP contribution >= 0.6 is 11.6 Å². The van der Waals surface area contributed by atoms with Gasteiger partial charge >= 0.3 is 0 Å². The van der Waals surface area contributed by atoms with Gasteiger partial charge in [0.25, 0.3) is 0 Å². The third-order valence-corrected chi connectivity index (χ3v) is 4.68. The Morgan fingerprint density at radius 1 is 1.30 bits per heavy atom. The van der Waals surface area contributed by atoms with Crippen LogP contribution in [0.5, 0.6) is 0 Å². The molecule has 3 rings (SSSR count). The van der Waals surface area contributed by atoms with Crippen molar-refractivity contribution in [2.24, 2.45) is 5.92 Å². The summed E-state index contributed by atoms with van der Waals surface area (Å²) in [6, 6.07) is 4.51. The Bertz CT molecular complexity index is 413. The molecule has 1 N–H and O–H groups in total. The maximum atomic E-state index is 6.37. The van der Waals surface area contributed by atoms with Crippen molar-refractivity contribution >= 4 is 11.6 Å². The van der Waals surface area contributed by atoms with E-state index < -0.39 is 0 Å². The van der Waals surface area contributed by atoms with Crippen LogP contribution in [0.2, 0.25) is 5.15 Å². The number of hydrogen-bond acceptors (Lipinski definition) is 4. The molecule has 0 saturated carbocycles. The molecule has 20 heavy (non-hydrogen) atoms. The molecule has 2 saturated heterocycles. The molecule has 0 amide bonds. The number of hydrogen-bond donors (Lipinski definition) is 1. The van der Waals surface area contributed by atoms with Crippen molar-refractivity contribution in [3.05, 3.63) is 29.0 Å². The van der Waals surface area contributed by atoms with Gasteiger partial charge in [0.15, 0.2) is 0 Å². The van der Waals surface area contributed by atoms with Gasteiger partial charge in [-0.3, -0.25) is 4.90 Å². The van der Waals surface area contributed by atoms with Crippen LogP contribution < -0.4 is 5.32 Å². The fraction of sp³-hybridized carbons (Fsp3) is 0.667. The van der Waals surface area contributed by atoms with Gasteiger partial charge in [-0.15, -0.1) is 0 Å². The second-order valence-electron chi connectivity index (χ2n) is 5.56.